The number of carbonyl (C=O) groups is 1. The maximum Gasteiger partial charge on any atom is 0.255 e. The van der Waals surface area contributed by atoms with Crippen LogP contribution in [0.2, 0.25) is 5.02 Å². The summed E-state index contributed by atoms with van der Waals surface area (Å²) in [6.07, 6.45) is 0. The van der Waals surface area contributed by atoms with Gasteiger partial charge in [0.2, 0.25) is 0 Å². The third-order valence-electron chi connectivity index (χ3n) is 3.00. The molecule has 1 N–H and O–H groups in total. The van der Waals surface area contributed by atoms with E-state index in [-0.39, 0.29) is 11.9 Å². The van der Waals surface area contributed by atoms with Crippen molar-refractivity contribution in [2.24, 2.45) is 0 Å². The topological polar surface area (TPSA) is 42.2 Å². The molecular formula is C15H16ClNO2. The van der Waals surface area contributed by atoms with Crippen molar-refractivity contribution in [3.8, 4) is 0 Å². The molecule has 1 aromatic heterocycles. The first-order valence-electron chi connectivity index (χ1n) is 6.10. The van der Waals surface area contributed by atoms with Crippen molar-refractivity contribution in [1.29, 1.82) is 0 Å². The molecule has 0 aliphatic carbocycles. The number of furan rings is 1. The Morgan fingerprint density at radius 1 is 1.26 bits per heavy atom. The van der Waals surface area contributed by atoms with E-state index in [1.165, 1.54) is 0 Å². The first-order chi connectivity index (χ1) is 8.97. The van der Waals surface area contributed by atoms with Crippen LogP contribution in [0.5, 0.6) is 0 Å². The first kappa shape index (κ1) is 13.7. The Morgan fingerprint density at radius 2 is 1.89 bits per heavy atom. The maximum absolute atomic E-state index is 12.1. The fourth-order valence-electron chi connectivity index (χ4n) is 1.97. The van der Waals surface area contributed by atoms with Crippen LogP contribution in [0.25, 0.3) is 0 Å². The van der Waals surface area contributed by atoms with Crippen LogP contribution in [-0.2, 0) is 0 Å². The van der Waals surface area contributed by atoms with Gasteiger partial charge in [0.1, 0.15) is 11.5 Å². The summed E-state index contributed by atoms with van der Waals surface area (Å²) in [6, 6.07) is 9.10. The molecule has 1 unspecified atom stereocenters. The highest BCUT2D eigenvalue weighted by molar-refractivity contribution is 6.30. The Bertz CT molecular complexity index is 587. The molecule has 1 aromatic carbocycles. The van der Waals surface area contributed by atoms with E-state index in [9.17, 15) is 4.79 Å². The minimum atomic E-state index is -0.128. The molecule has 0 fully saturated rings. The van der Waals surface area contributed by atoms with Crippen molar-refractivity contribution < 1.29 is 9.21 Å². The summed E-state index contributed by atoms with van der Waals surface area (Å²) in [6.45, 7) is 5.55. The molecule has 0 aliphatic heterocycles. The van der Waals surface area contributed by atoms with Crippen LogP contribution in [0.15, 0.2) is 34.7 Å². The highest BCUT2D eigenvalue weighted by atomic mass is 35.5. The second kappa shape index (κ2) is 5.49. The summed E-state index contributed by atoms with van der Waals surface area (Å²) < 4.78 is 5.36. The van der Waals surface area contributed by atoms with E-state index in [2.05, 4.69) is 5.32 Å². The number of halogens is 1. The Morgan fingerprint density at radius 3 is 2.42 bits per heavy atom. The third kappa shape index (κ3) is 3.18. The van der Waals surface area contributed by atoms with Crippen molar-refractivity contribution in [1.82, 2.24) is 5.32 Å². The zero-order chi connectivity index (χ0) is 14.0. The normalized spacial score (nSPS) is 12.2. The van der Waals surface area contributed by atoms with E-state index >= 15 is 0 Å². The van der Waals surface area contributed by atoms with Gasteiger partial charge in [-0.05, 0) is 44.5 Å². The minimum absolute atomic E-state index is 0.0839. The zero-order valence-corrected chi connectivity index (χ0v) is 11.9. The highest BCUT2D eigenvalue weighted by Crippen LogP contribution is 2.18. The lowest BCUT2D eigenvalue weighted by Gasteiger charge is -2.14. The first-order valence-corrected chi connectivity index (χ1v) is 6.48. The maximum atomic E-state index is 12.1. The van der Waals surface area contributed by atoms with E-state index in [1.54, 1.807) is 13.0 Å². The average molecular weight is 278 g/mol. The van der Waals surface area contributed by atoms with Crippen LogP contribution in [0, 0.1) is 13.8 Å². The molecule has 0 saturated carbocycles. The molecule has 0 spiro atoms. The summed E-state index contributed by atoms with van der Waals surface area (Å²) in [5.41, 5.74) is 1.59. The quantitative estimate of drug-likeness (QED) is 0.920. The predicted molar refractivity (Wildman–Crippen MR) is 75.5 cm³/mol. The molecule has 4 heteroatoms. The van der Waals surface area contributed by atoms with E-state index in [4.69, 9.17) is 16.0 Å². The van der Waals surface area contributed by atoms with Gasteiger partial charge in [-0.25, -0.2) is 0 Å². The van der Waals surface area contributed by atoms with Crippen molar-refractivity contribution in [3.05, 3.63) is 58.0 Å². The average Bonchev–Trinajstić information content (AvgIpc) is 2.69. The largest absolute Gasteiger partial charge is 0.466 e. The van der Waals surface area contributed by atoms with Gasteiger partial charge in [-0.3, -0.25) is 4.79 Å². The second-order valence-electron chi connectivity index (χ2n) is 4.57. The number of amides is 1. The molecule has 1 amide bonds. The van der Waals surface area contributed by atoms with Gasteiger partial charge in [-0.1, -0.05) is 23.7 Å². The van der Waals surface area contributed by atoms with Crippen LogP contribution < -0.4 is 5.32 Å². The van der Waals surface area contributed by atoms with Gasteiger partial charge >= 0.3 is 0 Å². The van der Waals surface area contributed by atoms with Gasteiger partial charge in [0.15, 0.2) is 0 Å². The van der Waals surface area contributed by atoms with Gasteiger partial charge in [-0.2, -0.15) is 0 Å². The molecular weight excluding hydrogens is 262 g/mol. The van der Waals surface area contributed by atoms with Crippen molar-refractivity contribution in [2.75, 3.05) is 0 Å². The lowest BCUT2D eigenvalue weighted by molar-refractivity contribution is 0.0938. The number of nitrogens with one attached hydrogen (secondary N) is 1. The van der Waals surface area contributed by atoms with E-state index in [1.807, 2.05) is 38.1 Å². The van der Waals surface area contributed by atoms with Crippen LogP contribution in [-0.4, -0.2) is 5.91 Å². The Labute approximate surface area is 117 Å². The van der Waals surface area contributed by atoms with Crippen LogP contribution in [0.3, 0.4) is 0 Å². The SMILES string of the molecule is Cc1cc(C(=O)NC(C)c2ccc(Cl)cc2)c(C)o1. The third-order valence-corrected chi connectivity index (χ3v) is 3.26. The molecule has 1 heterocycles. The van der Waals surface area contributed by atoms with Gasteiger partial charge < -0.3 is 9.73 Å². The van der Waals surface area contributed by atoms with Crippen molar-refractivity contribution >= 4 is 17.5 Å². The molecule has 19 heavy (non-hydrogen) atoms. The number of aryl methyl sites for hydroxylation is 2. The fourth-order valence-corrected chi connectivity index (χ4v) is 2.09. The summed E-state index contributed by atoms with van der Waals surface area (Å²) >= 11 is 5.84. The molecule has 3 nitrogen and oxygen atoms in total. The van der Waals surface area contributed by atoms with E-state index in [0.717, 1.165) is 11.3 Å². The summed E-state index contributed by atoms with van der Waals surface area (Å²) in [4.78, 5) is 12.1. The molecule has 2 rings (SSSR count). The second-order valence-corrected chi connectivity index (χ2v) is 5.01. The molecule has 2 aromatic rings. The Hall–Kier alpha value is -1.74. The van der Waals surface area contributed by atoms with Crippen LogP contribution in [0.1, 0.15) is 40.4 Å². The van der Waals surface area contributed by atoms with Crippen LogP contribution >= 0.6 is 11.6 Å². The number of benzene rings is 1. The zero-order valence-electron chi connectivity index (χ0n) is 11.2. The predicted octanol–water partition coefficient (Wildman–Crippen LogP) is 4.04. The monoisotopic (exact) mass is 277 g/mol. The molecule has 0 saturated heterocycles. The smallest absolute Gasteiger partial charge is 0.255 e. The molecule has 0 radical (unpaired) electrons. The standard InChI is InChI=1S/C15H16ClNO2/c1-9-8-14(11(3)19-9)15(18)17-10(2)12-4-6-13(16)7-5-12/h4-8,10H,1-3H3,(H,17,18). The molecule has 0 aliphatic rings. The minimum Gasteiger partial charge on any atom is -0.466 e. The number of rotatable bonds is 3. The van der Waals surface area contributed by atoms with Crippen molar-refractivity contribution in [3.63, 3.8) is 0 Å². The van der Waals surface area contributed by atoms with Crippen LogP contribution in [0.4, 0.5) is 0 Å². The molecule has 1 atom stereocenters. The summed E-state index contributed by atoms with van der Waals surface area (Å²) in [7, 11) is 0. The van der Waals surface area contributed by atoms with Gasteiger partial charge in [0.05, 0.1) is 11.6 Å². The van der Waals surface area contributed by atoms with Gasteiger partial charge in [0.25, 0.3) is 5.91 Å². The summed E-state index contributed by atoms with van der Waals surface area (Å²) in [5.74, 6) is 1.25. The van der Waals surface area contributed by atoms with E-state index < -0.39 is 0 Å². The number of hydrogen-bond acceptors (Lipinski definition) is 2. The highest BCUT2D eigenvalue weighted by Gasteiger charge is 2.16. The number of hydrogen-bond donors (Lipinski definition) is 1. The van der Waals surface area contributed by atoms with E-state index in [0.29, 0.717) is 16.3 Å². The fraction of sp³-hybridized carbons (Fsp3) is 0.267. The Kier molecular flexibility index (Phi) is 3.96. The van der Waals surface area contributed by atoms with Gasteiger partial charge in [0, 0.05) is 5.02 Å². The molecule has 100 valence electrons. The number of carbonyl (C=O) groups excluding carboxylic acids is 1. The summed E-state index contributed by atoms with van der Waals surface area (Å²) in [5, 5.41) is 3.63. The lowest BCUT2D eigenvalue weighted by atomic mass is 10.1. The van der Waals surface area contributed by atoms with Gasteiger partial charge in [-0.15, -0.1) is 0 Å². The Balaban J connectivity index is 2.10. The lowest BCUT2D eigenvalue weighted by Crippen LogP contribution is -2.26. The van der Waals surface area contributed by atoms with Crippen molar-refractivity contribution in [2.45, 2.75) is 26.8 Å². The molecule has 0 bridgehead atoms.